The Hall–Kier alpha value is -0.830. The molecule has 1 rings (SSSR count). The van der Waals surface area contributed by atoms with Gasteiger partial charge in [0.05, 0.1) is 0 Å². The predicted molar refractivity (Wildman–Crippen MR) is 115 cm³/mol. The number of hydrogen-bond acceptors (Lipinski definition) is 2. The first-order valence-electron chi connectivity index (χ1n) is 7.92. The van der Waals surface area contributed by atoms with Crippen molar-refractivity contribution in [3.63, 3.8) is 0 Å². The van der Waals surface area contributed by atoms with Gasteiger partial charge in [0.25, 0.3) is 0 Å². The molecule has 0 aliphatic rings. The first-order chi connectivity index (χ1) is 11.0. The Kier molecular flexibility index (Phi) is 12.1. The molecule has 0 bridgehead atoms. The molecular weight excluding hydrogens is 483 g/mol. The largest absolute Gasteiger partial charge is 0.356 e. The zero-order chi connectivity index (χ0) is 17.2. The lowest BCUT2D eigenvalue weighted by Crippen LogP contribution is -2.43. The summed E-state index contributed by atoms with van der Waals surface area (Å²) < 4.78 is 1.02. The van der Waals surface area contributed by atoms with E-state index >= 15 is 0 Å². The molecule has 0 aliphatic carbocycles. The van der Waals surface area contributed by atoms with E-state index in [2.05, 4.69) is 45.4 Å². The van der Waals surface area contributed by atoms with Gasteiger partial charge in [-0.3, -0.25) is 9.79 Å². The maximum atomic E-state index is 12.2. The van der Waals surface area contributed by atoms with Crippen molar-refractivity contribution in [3.8, 4) is 0 Å². The van der Waals surface area contributed by atoms with Crippen molar-refractivity contribution in [2.75, 3.05) is 20.6 Å². The molecule has 0 aliphatic heterocycles. The van der Waals surface area contributed by atoms with Gasteiger partial charge in [0.1, 0.15) is 0 Å². The van der Waals surface area contributed by atoms with Crippen LogP contribution >= 0.6 is 39.9 Å². The van der Waals surface area contributed by atoms with Gasteiger partial charge in [-0.15, -0.1) is 24.0 Å². The van der Waals surface area contributed by atoms with Crippen molar-refractivity contribution in [2.45, 2.75) is 39.3 Å². The lowest BCUT2D eigenvalue weighted by Gasteiger charge is -2.19. The topological polar surface area (TPSA) is 56.7 Å². The fourth-order valence-electron chi connectivity index (χ4n) is 1.98. The quantitative estimate of drug-likeness (QED) is 0.336. The van der Waals surface area contributed by atoms with Crippen LogP contribution < -0.4 is 10.6 Å². The molecule has 1 atom stereocenters. The molecule has 2 N–H and O–H groups in total. The molecule has 7 heteroatoms. The third-order valence-electron chi connectivity index (χ3n) is 3.64. The standard InChI is InChI=1S/C17H27BrN4O.HI/c1-5-13(2)21-17(19-3)20-11-10-16(23)22(4)12-14-8-6-7-9-15(14)18;/h6-9,13H,5,10-12H2,1-4H3,(H2,19,20,21);1H. The van der Waals surface area contributed by atoms with Crippen molar-refractivity contribution in [1.29, 1.82) is 0 Å². The molecule has 5 nitrogen and oxygen atoms in total. The van der Waals surface area contributed by atoms with Gasteiger partial charge in [-0.25, -0.2) is 0 Å². The summed E-state index contributed by atoms with van der Waals surface area (Å²) in [7, 11) is 3.56. The van der Waals surface area contributed by atoms with Crippen molar-refractivity contribution < 1.29 is 4.79 Å². The summed E-state index contributed by atoms with van der Waals surface area (Å²) in [5.41, 5.74) is 1.10. The van der Waals surface area contributed by atoms with Crippen molar-refractivity contribution in [3.05, 3.63) is 34.3 Å². The average Bonchev–Trinajstić information content (AvgIpc) is 2.55. The highest BCUT2D eigenvalue weighted by Crippen LogP contribution is 2.17. The number of benzene rings is 1. The van der Waals surface area contributed by atoms with Crippen LogP contribution in [-0.4, -0.2) is 43.4 Å². The molecule has 0 saturated heterocycles. The second-order valence-corrected chi connectivity index (χ2v) is 6.40. The van der Waals surface area contributed by atoms with Gasteiger partial charge < -0.3 is 15.5 Å². The molecule has 0 fully saturated rings. The molecule has 1 unspecified atom stereocenters. The molecule has 0 radical (unpaired) electrons. The summed E-state index contributed by atoms with van der Waals surface area (Å²) >= 11 is 3.51. The highest BCUT2D eigenvalue weighted by Gasteiger charge is 2.11. The fourth-order valence-corrected chi connectivity index (χ4v) is 2.39. The van der Waals surface area contributed by atoms with Crippen LogP contribution in [0.5, 0.6) is 0 Å². The van der Waals surface area contributed by atoms with E-state index in [1.807, 2.05) is 31.3 Å². The van der Waals surface area contributed by atoms with E-state index in [0.29, 0.717) is 25.6 Å². The zero-order valence-electron chi connectivity index (χ0n) is 14.8. The number of hydrogen-bond donors (Lipinski definition) is 2. The van der Waals surface area contributed by atoms with Crippen molar-refractivity contribution >= 4 is 51.8 Å². The number of amides is 1. The summed E-state index contributed by atoms with van der Waals surface area (Å²) in [5, 5.41) is 6.45. The minimum Gasteiger partial charge on any atom is -0.356 e. The zero-order valence-corrected chi connectivity index (χ0v) is 18.7. The summed E-state index contributed by atoms with van der Waals surface area (Å²) in [6.07, 6.45) is 1.45. The Labute approximate surface area is 170 Å². The third-order valence-corrected chi connectivity index (χ3v) is 4.42. The van der Waals surface area contributed by atoms with E-state index < -0.39 is 0 Å². The maximum Gasteiger partial charge on any atom is 0.224 e. The molecule has 1 aromatic carbocycles. The van der Waals surface area contributed by atoms with E-state index in [9.17, 15) is 4.79 Å². The van der Waals surface area contributed by atoms with E-state index in [0.717, 1.165) is 22.4 Å². The van der Waals surface area contributed by atoms with Crippen LogP contribution in [0.25, 0.3) is 0 Å². The second-order valence-electron chi connectivity index (χ2n) is 5.54. The summed E-state index contributed by atoms with van der Waals surface area (Å²) in [6.45, 7) is 5.38. The summed E-state index contributed by atoms with van der Waals surface area (Å²) in [5.74, 6) is 0.841. The third kappa shape index (κ3) is 8.32. The number of aliphatic imine (C=N–C) groups is 1. The Morgan fingerprint density at radius 3 is 2.62 bits per heavy atom. The second kappa shape index (κ2) is 12.5. The Bertz CT molecular complexity index is 539. The van der Waals surface area contributed by atoms with Crippen LogP contribution in [0, 0.1) is 0 Å². The van der Waals surface area contributed by atoms with E-state index in [-0.39, 0.29) is 29.9 Å². The van der Waals surface area contributed by atoms with Gasteiger partial charge in [0.15, 0.2) is 5.96 Å². The molecule has 0 aromatic heterocycles. The molecule has 0 saturated carbocycles. The molecule has 136 valence electrons. The number of halogens is 2. The highest BCUT2D eigenvalue weighted by molar-refractivity contribution is 14.0. The van der Waals surface area contributed by atoms with Gasteiger partial charge in [0, 0.05) is 44.1 Å². The number of carbonyl (C=O) groups is 1. The first-order valence-corrected chi connectivity index (χ1v) is 8.71. The van der Waals surface area contributed by atoms with Gasteiger partial charge in [0.2, 0.25) is 5.91 Å². The van der Waals surface area contributed by atoms with Crippen LogP contribution in [0.1, 0.15) is 32.3 Å². The Balaban J connectivity index is 0.00000529. The van der Waals surface area contributed by atoms with E-state index in [4.69, 9.17) is 0 Å². The Morgan fingerprint density at radius 1 is 1.38 bits per heavy atom. The highest BCUT2D eigenvalue weighted by atomic mass is 127. The van der Waals surface area contributed by atoms with Crippen LogP contribution in [0.3, 0.4) is 0 Å². The number of rotatable bonds is 7. The molecule has 24 heavy (non-hydrogen) atoms. The number of nitrogens with zero attached hydrogens (tertiary/aromatic N) is 2. The van der Waals surface area contributed by atoms with Gasteiger partial charge in [-0.05, 0) is 25.0 Å². The lowest BCUT2D eigenvalue weighted by atomic mass is 10.2. The van der Waals surface area contributed by atoms with Crippen molar-refractivity contribution in [2.24, 2.45) is 4.99 Å². The lowest BCUT2D eigenvalue weighted by molar-refractivity contribution is -0.130. The first kappa shape index (κ1) is 23.2. The Morgan fingerprint density at radius 2 is 2.04 bits per heavy atom. The van der Waals surface area contributed by atoms with Crippen LogP contribution in [-0.2, 0) is 11.3 Å². The van der Waals surface area contributed by atoms with Gasteiger partial charge in [-0.1, -0.05) is 41.1 Å². The summed E-state index contributed by atoms with van der Waals surface area (Å²) in [4.78, 5) is 18.1. The molecule has 0 heterocycles. The summed E-state index contributed by atoms with van der Waals surface area (Å²) in [6, 6.07) is 8.30. The molecule has 1 aromatic rings. The number of nitrogens with one attached hydrogen (secondary N) is 2. The van der Waals surface area contributed by atoms with Gasteiger partial charge in [-0.2, -0.15) is 0 Å². The minimum atomic E-state index is 0. The van der Waals surface area contributed by atoms with Crippen LogP contribution in [0.4, 0.5) is 0 Å². The van der Waals surface area contributed by atoms with Crippen molar-refractivity contribution in [1.82, 2.24) is 15.5 Å². The molecule has 0 spiro atoms. The van der Waals surface area contributed by atoms with Crippen LogP contribution in [0.2, 0.25) is 0 Å². The van der Waals surface area contributed by atoms with Gasteiger partial charge >= 0.3 is 0 Å². The smallest absolute Gasteiger partial charge is 0.224 e. The average molecular weight is 511 g/mol. The number of guanidine groups is 1. The normalized spacial score (nSPS) is 12.1. The minimum absolute atomic E-state index is 0. The maximum absolute atomic E-state index is 12.2. The monoisotopic (exact) mass is 510 g/mol. The SMILES string of the molecule is CCC(C)NC(=NC)NCCC(=O)N(C)Cc1ccccc1Br.I. The number of carbonyl (C=O) groups excluding carboxylic acids is 1. The van der Waals surface area contributed by atoms with Crippen LogP contribution in [0.15, 0.2) is 33.7 Å². The predicted octanol–water partition coefficient (Wildman–Crippen LogP) is 3.38. The molecular formula is C17H28BrIN4O. The van der Waals surface area contributed by atoms with E-state index in [1.54, 1.807) is 11.9 Å². The molecule has 1 amide bonds. The van der Waals surface area contributed by atoms with E-state index in [1.165, 1.54) is 0 Å². The fraction of sp³-hybridized carbons (Fsp3) is 0.529.